The lowest BCUT2D eigenvalue weighted by Gasteiger charge is -2.20. The molecule has 0 bridgehead atoms. The summed E-state index contributed by atoms with van der Waals surface area (Å²) < 4.78 is 10.7. The zero-order valence-corrected chi connectivity index (χ0v) is 7.98. The monoisotopic (exact) mass is 200 g/mol. The minimum Gasteiger partial charge on any atom is -0.508 e. The lowest BCUT2D eigenvalue weighted by Crippen LogP contribution is -2.37. The first kappa shape index (κ1) is 9.48. The Balaban J connectivity index is 2.28. The van der Waals surface area contributed by atoms with Gasteiger partial charge < -0.3 is 19.7 Å². The quantitative estimate of drug-likeness (QED) is 0.605. The van der Waals surface area contributed by atoms with Crippen LogP contribution in [0.2, 0.25) is 0 Å². The second-order valence-corrected chi connectivity index (χ2v) is 3.96. The number of ether oxygens (including phenoxy) is 2. The molecule has 0 aromatic rings. The zero-order chi connectivity index (χ0) is 10.5. The van der Waals surface area contributed by atoms with Crippen LogP contribution in [-0.4, -0.2) is 34.0 Å². The van der Waals surface area contributed by atoms with Gasteiger partial charge in [-0.2, -0.15) is 0 Å². The standard InChI is InChI=1S/C9H12O5/c1-9(2)13-5-3-4(10)6(11)7(12)8(5)14-9/h5,8,10-11H,3H2,1-2H3. The van der Waals surface area contributed by atoms with E-state index in [9.17, 15) is 15.0 Å². The number of fused-ring (bicyclic) bond motifs is 1. The fourth-order valence-corrected chi connectivity index (χ4v) is 1.77. The summed E-state index contributed by atoms with van der Waals surface area (Å²) in [5.74, 6) is -2.37. The normalized spacial score (nSPS) is 36.0. The van der Waals surface area contributed by atoms with Gasteiger partial charge in [0.05, 0.1) is 0 Å². The van der Waals surface area contributed by atoms with Crippen LogP contribution in [0.5, 0.6) is 0 Å². The van der Waals surface area contributed by atoms with E-state index in [4.69, 9.17) is 9.47 Å². The number of Topliss-reactive ketones (excluding diaryl/α,β-unsaturated/α-hetero) is 1. The molecule has 2 unspecified atom stereocenters. The van der Waals surface area contributed by atoms with Crippen LogP contribution in [0.25, 0.3) is 0 Å². The average molecular weight is 200 g/mol. The first-order valence-corrected chi connectivity index (χ1v) is 4.41. The highest BCUT2D eigenvalue weighted by Crippen LogP contribution is 2.35. The molecule has 2 rings (SSSR count). The Kier molecular flexibility index (Phi) is 1.84. The van der Waals surface area contributed by atoms with E-state index < -0.39 is 29.5 Å². The maximum Gasteiger partial charge on any atom is 0.232 e. The molecule has 1 aliphatic carbocycles. The van der Waals surface area contributed by atoms with Crippen molar-refractivity contribution in [1.82, 2.24) is 0 Å². The van der Waals surface area contributed by atoms with Crippen molar-refractivity contribution in [2.24, 2.45) is 0 Å². The zero-order valence-electron chi connectivity index (χ0n) is 7.98. The molecular formula is C9H12O5. The molecule has 5 heteroatoms. The summed E-state index contributed by atoms with van der Waals surface area (Å²) in [7, 11) is 0. The van der Waals surface area contributed by atoms with Crippen molar-refractivity contribution >= 4 is 5.78 Å². The van der Waals surface area contributed by atoms with E-state index in [0.717, 1.165) is 0 Å². The van der Waals surface area contributed by atoms with E-state index in [1.165, 1.54) is 0 Å². The Hall–Kier alpha value is -1.07. The number of rotatable bonds is 0. The number of carbonyl (C=O) groups excluding carboxylic acids is 1. The fourth-order valence-electron chi connectivity index (χ4n) is 1.77. The topological polar surface area (TPSA) is 76.0 Å². The molecular weight excluding hydrogens is 188 g/mol. The third kappa shape index (κ3) is 1.29. The molecule has 2 N–H and O–H groups in total. The van der Waals surface area contributed by atoms with Gasteiger partial charge in [-0.1, -0.05) is 0 Å². The molecule has 2 aliphatic rings. The lowest BCUT2D eigenvalue weighted by atomic mass is 9.97. The Bertz CT molecular complexity index is 317. The van der Waals surface area contributed by atoms with Crippen molar-refractivity contribution in [2.45, 2.75) is 38.3 Å². The number of aliphatic hydroxyl groups excluding tert-OH is 2. The molecule has 78 valence electrons. The minimum absolute atomic E-state index is 0.117. The Labute approximate surface area is 80.9 Å². The maximum atomic E-state index is 11.4. The maximum absolute atomic E-state index is 11.4. The van der Waals surface area contributed by atoms with Crippen LogP contribution >= 0.6 is 0 Å². The average Bonchev–Trinajstić information content (AvgIpc) is 2.37. The number of carbonyl (C=O) groups is 1. The molecule has 1 fully saturated rings. The van der Waals surface area contributed by atoms with Gasteiger partial charge in [-0.05, 0) is 13.8 Å². The van der Waals surface area contributed by atoms with E-state index in [1.54, 1.807) is 13.8 Å². The van der Waals surface area contributed by atoms with Crippen molar-refractivity contribution < 1.29 is 24.5 Å². The minimum atomic E-state index is -0.837. The van der Waals surface area contributed by atoms with Crippen LogP contribution in [0, 0.1) is 0 Å². The Morgan fingerprint density at radius 2 is 2.00 bits per heavy atom. The van der Waals surface area contributed by atoms with Crippen molar-refractivity contribution in [1.29, 1.82) is 0 Å². The summed E-state index contributed by atoms with van der Waals surface area (Å²) in [6.45, 7) is 3.37. The smallest absolute Gasteiger partial charge is 0.232 e. The van der Waals surface area contributed by atoms with Crippen LogP contribution < -0.4 is 0 Å². The predicted octanol–water partition coefficient (Wildman–Crippen LogP) is 0.807. The van der Waals surface area contributed by atoms with Crippen LogP contribution in [0.15, 0.2) is 11.5 Å². The third-order valence-corrected chi connectivity index (χ3v) is 2.34. The van der Waals surface area contributed by atoms with Gasteiger partial charge in [0, 0.05) is 6.42 Å². The highest BCUT2D eigenvalue weighted by atomic mass is 16.8. The highest BCUT2D eigenvalue weighted by molar-refractivity contribution is 5.98. The summed E-state index contributed by atoms with van der Waals surface area (Å²) in [4.78, 5) is 11.4. The molecule has 0 spiro atoms. The van der Waals surface area contributed by atoms with Crippen molar-refractivity contribution in [3.05, 3.63) is 11.5 Å². The summed E-state index contributed by atoms with van der Waals surface area (Å²) in [6, 6.07) is 0. The van der Waals surface area contributed by atoms with Crippen LogP contribution in [-0.2, 0) is 14.3 Å². The SMILES string of the molecule is CC1(C)OC2CC(O)=C(O)C(=O)C2O1. The van der Waals surface area contributed by atoms with E-state index in [-0.39, 0.29) is 12.2 Å². The van der Waals surface area contributed by atoms with Gasteiger partial charge in [-0.3, -0.25) is 4.79 Å². The first-order chi connectivity index (χ1) is 6.41. The van der Waals surface area contributed by atoms with Gasteiger partial charge in [0.1, 0.15) is 11.9 Å². The van der Waals surface area contributed by atoms with Crippen molar-refractivity contribution in [3.63, 3.8) is 0 Å². The second kappa shape index (κ2) is 2.71. The molecule has 0 aromatic heterocycles. The third-order valence-electron chi connectivity index (χ3n) is 2.34. The fraction of sp³-hybridized carbons (Fsp3) is 0.667. The van der Waals surface area contributed by atoms with E-state index in [2.05, 4.69) is 0 Å². The molecule has 0 radical (unpaired) electrons. The van der Waals surface area contributed by atoms with Gasteiger partial charge in [-0.15, -0.1) is 0 Å². The highest BCUT2D eigenvalue weighted by Gasteiger charge is 2.49. The van der Waals surface area contributed by atoms with Gasteiger partial charge in [0.25, 0.3) is 0 Å². The molecule has 14 heavy (non-hydrogen) atoms. The summed E-state index contributed by atoms with van der Waals surface area (Å²) in [5.41, 5.74) is 0. The summed E-state index contributed by atoms with van der Waals surface area (Å²) >= 11 is 0. The molecule has 0 amide bonds. The van der Waals surface area contributed by atoms with Crippen LogP contribution in [0.3, 0.4) is 0 Å². The van der Waals surface area contributed by atoms with E-state index >= 15 is 0 Å². The van der Waals surface area contributed by atoms with Gasteiger partial charge in [0.15, 0.2) is 17.7 Å². The van der Waals surface area contributed by atoms with Gasteiger partial charge >= 0.3 is 0 Å². The van der Waals surface area contributed by atoms with Crippen LogP contribution in [0.1, 0.15) is 20.3 Å². The van der Waals surface area contributed by atoms with Crippen molar-refractivity contribution in [2.75, 3.05) is 0 Å². The molecule has 0 aromatic carbocycles. The van der Waals surface area contributed by atoms with E-state index in [0.29, 0.717) is 0 Å². The Morgan fingerprint density at radius 1 is 1.36 bits per heavy atom. The van der Waals surface area contributed by atoms with Gasteiger partial charge in [-0.25, -0.2) is 0 Å². The largest absolute Gasteiger partial charge is 0.508 e. The molecule has 1 saturated heterocycles. The molecule has 2 atom stereocenters. The number of ketones is 1. The Morgan fingerprint density at radius 3 is 2.64 bits per heavy atom. The number of aliphatic hydroxyl groups is 2. The van der Waals surface area contributed by atoms with Crippen molar-refractivity contribution in [3.8, 4) is 0 Å². The molecule has 0 saturated carbocycles. The van der Waals surface area contributed by atoms with Crippen LogP contribution in [0.4, 0.5) is 0 Å². The number of hydrogen-bond acceptors (Lipinski definition) is 5. The first-order valence-electron chi connectivity index (χ1n) is 4.41. The molecule has 1 heterocycles. The predicted molar refractivity (Wildman–Crippen MR) is 45.7 cm³/mol. The molecule has 1 aliphatic heterocycles. The van der Waals surface area contributed by atoms with Gasteiger partial charge in [0.2, 0.25) is 5.78 Å². The lowest BCUT2D eigenvalue weighted by molar-refractivity contribution is -0.153. The summed E-state index contributed by atoms with van der Waals surface area (Å²) in [6.07, 6.45) is -1.17. The van der Waals surface area contributed by atoms with E-state index in [1.807, 2.05) is 0 Å². The summed E-state index contributed by atoms with van der Waals surface area (Å²) in [5, 5.41) is 18.4. The molecule has 5 nitrogen and oxygen atoms in total. The second-order valence-electron chi connectivity index (χ2n) is 3.96. The number of hydrogen-bond donors (Lipinski definition) is 2.